The number of benzene rings is 2. The number of nitrogens with zero attached hydrogens (tertiary/aromatic N) is 2. The Kier molecular flexibility index (Phi) is 7.36. The van der Waals surface area contributed by atoms with Crippen LogP contribution in [0.25, 0.3) is 0 Å². The van der Waals surface area contributed by atoms with Crippen LogP contribution in [0.2, 0.25) is 0 Å². The van der Waals surface area contributed by atoms with Crippen LogP contribution in [-0.2, 0) is 13.1 Å². The predicted molar refractivity (Wildman–Crippen MR) is 119 cm³/mol. The van der Waals surface area contributed by atoms with Gasteiger partial charge >= 0.3 is 0 Å². The predicted octanol–water partition coefficient (Wildman–Crippen LogP) is 4.01. The lowest BCUT2D eigenvalue weighted by Gasteiger charge is -2.33. The topological polar surface area (TPSA) is 72.1 Å². The minimum Gasteiger partial charge on any atom is -0.497 e. The van der Waals surface area contributed by atoms with E-state index in [1.807, 2.05) is 18.2 Å². The molecule has 0 aliphatic carbocycles. The minimum absolute atomic E-state index is 0.336. The first-order chi connectivity index (χ1) is 14.1. The third-order valence-electron chi connectivity index (χ3n) is 5.45. The lowest BCUT2D eigenvalue weighted by molar-refractivity contribution is 0.152. The summed E-state index contributed by atoms with van der Waals surface area (Å²) >= 11 is 0. The second-order valence-corrected chi connectivity index (χ2v) is 7.52. The number of hydrogen-bond donors (Lipinski definition) is 2. The molecular weight excluding hydrogens is 364 g/mol. The van der Waals surface area contributed by atoms with Crippen molar-refractivity contribution in [1.82, 2.24) is 4.90 Å². The molecule has 1 unspecified atom stereocenters. The number of nitrogens with one attached hydrogen (secondary N) is 1. The van der Waals surface area contributed by atoms with Crippen molar-refractivity contribution in [1.29, 1.82) is 0 Å². The molecule has 3 rings (SSSR count). The first-order valence-electron chi connectivity index (χ1n) is 10.2. The van der Waals surface area contributed by atoms with Crippen molar-refractivity contribution in [3.63, 3.8) is 0 Å². The zero-order chi connectivity index (χ0) is 20.6. The summed E-state index contributed by atoms with van der Waals surface area (Å²) in [5.74, 6) is 1.74. The zero-order valence-electron chi connectivity index (χ0n) is 17.6. The zero-order valence-corrected chi connectivity index (χ0v) is 17.6. The number of methoxy groups -OCH3 is 2. The second kappa shape index (κ2) is 10.2. The number of rotatable bonds is 7. The van der Waals surface area contributed by atoms with Gasteiger partial charge in [-0.1, -0.05) is 30.7 Å². The smallest absolute Gasteiger partial charge is 0.193 e. The van der Waals surface area contributed by atoms with Crippen LogP contribution in [0.4, 0.5) is 5.69 Å². The van der Waals surface area contributed by atoms with E-state index in [1.165, 1.54) is 31.4 Å². The van der Waals surface area contributed by atoms with Gasteiger partial charge in [-0.15, -0.1) is 0 Å². The number of aliphatic imine (C=N–C) groups is 1. The van der Waals surface area contributed by atoms with Gasteiger partial charge in [0.25, 0.3) is 0 Å². The largest absolute Gasteiger partial charge is 0.497 e. The molecule has 0 spiro atoms. The summed E-state index contributed by atoms with van der Waals surface area (Å²) in [4.78, 5) is 7.02. The van der Waals surface area contributed by atoms with Gasteiger partial charge in [0.05, 0.1) is 26.5 Å². The van der Waals surface area contributed by atoms with Crippen LogP contribution in [0.1, 0.15) is 37.3 Å². The summed E-state index contributed by atoms with van der Waals surface area (Å²) < 4.78 is 10.6. The summed E-state index contributed by atoms with van der Waals surface area (Å²) in [6.07, 6.45) is 3.96. The standard InChI is InChI=1S/C23H32N4O2/c1-17-6-4-5-13-27(17)16-19-9-7-18(8-10-19)15-25-23(24)26-21-14-20(28-2)11-12-22(21)29-3/h7-12,14,17H,4-6,13,15-16H2,1-3H3,(H3,24,25,26). The molecule has 2 aromatic carbocycles. The Labute approximate surface area is 173 Å². The van der Waals surface area contributed by atoms with Crippen molar-refractivity contribution in [3.05, 3.63) is 53.6 Å². The molecule has 1 heterocycles. The molecule has 6 heteroatoms. The van der Waals surface area contributed by atoms with Gasteiger partial charge in [-0.2, -0.15) is 0 Å². The van der Waals surface area contributed by atoms with Crippen LogP contribution in [0.15, 0.2) is 47.5 Å². The average molecular weight is 397 g/mol. The first kappa shape index (κ1) is 21.0. The van der Waals surface area contributed by atoms with Gasteiger partial charge in [-0.25, -0.2) is 4.99 Å². The van der Waals surface area contributed by atoms with Gasteiger partial charge in [-0.3, -0.25) is 4.90 Å². The average Bonchev–Trinajstić information content (AvgIpc) is 2.75. The number of likely N-dealkylation sites (tertiary alicyclic amines) is 1. The molecular formula is C23H32N4O2. The van der Waals surface area contributed by atoms with Crippen molar-refractivity contribution >= 4 is 11.6 Å². The quantitative estimate of drug-likeness (QED) is 0.547. The molecule has 0 bridgehead atoms. The Morgan fingerprint density at radius 2 is 1.86 bits per heavy atom. The van der Waals surface area contributed by atoms with Crippen molar-refractivity contribution in [2.45, 2.75) is 45.3 Å². The van der Waals surface area contributed by atoms with Crippen LogP contribution in [0.3, 0.4) is 0 Å². The van der Waals surface area contributed by atoms with E-state index in [2.05, 4.69) is 46.4 Å². The van der Waals surface area contributed by atoms with E-state index in [0.29, 0.717) is 24.3 Å². The van der Waals surface area contributed by atoms with Gasteiger partial charge in [0, 0.05) is 18.7 Å². The highest BCUT2D eigenvalue weighted by atomic mass is 16.5. The van der Waals surface area contributed by atoms with E-state index < -0.39 is 0 Å². The van der Waals surface area contributed by atoms with Crippen LogP contribution >= 0.6 is 0 Å². The highest BCUT2D eigenvalue weighted by Gasteiger charge is 2.17. The Balaban J connectivity index is 1.58. The fraction of sp³-hybridized carbons (Fsp3) is 0.435. The number of anilines is 1. The number of piperidine rings is 1. The maximum Gasteiger partial charge on any atom is 0.193 e. The molecule has 1 saturated heterocycles. The molecule has 3 N–H and O–H groups in total. The highest BCUT2D eigenvalue weighted by molar-refractivity contribution is 5.94. The normalized spacial score (nSPS) is 17.8. The van der Waals surface area contributed by atoms with Crippen molar-refractivity contribution in [2.24, 2.45) is 10.7 Å². The monoisotopic (exact) mass is 396 g/mol. The Morgan fingerprint density at radius 3 is 2.55 bits per heavy atom. The van der Waals surface area contributed by atoms with Gasteiger partial charge < -0.3 is 20.5 Å². The first-order valence-corrected chi connectivity index (χ1v) is 10.2. The van der Waals surface area contributed by atoms with Crippen LogP contribution in [0, 0.1) is 0 Å². The van der Waals surface area contributed by atoms with E-state index in [1.54, 1.807) is 14.2 Å². The third kappa shape index (κ3) is 5.87. The molecule has 0 amide bonds. The summed E-state index contributed by atoms with van der Waals surface area (Å²) in [5.41, 5.74) is 9.27. The van der Waals surface area contributed by atoms with Gasteiger partial charge in [0.2, 0.25) is 0 Å². The fourth-order valence-electron chi connectivity index (χ4n) is 3.64. The molecule has 2 aromatic rings. The highest BCUT2D eigenvalue weighted by Crippen LogP contribution is 2.28. The Morgan fingerprint density at radius 1 is 1.10 bits per heavy atom. The molecule has 0 aromatic heterocycles. The molecule has 1 aliphatic rings. The lowest BCUT2D eigenvalue weighted by atomic mass is 10.0. The van der Waals surface area contributed by atoms with Crippen LogP contribution in [-0.4, -0.2) is 37.7 Å². The summed E-state index contributed by atoms with van der Waals surface area (Å²) in [5, 5.41) is 3.09. The molecule has 1 aliphatic heterocycles. The van der Waals surface area contributed by atoms with E-state index in [0.717, 1.165) is 23.5 Å². The van der Waals surface area contributed by atoms with Gasteiger partial charge in [0.15, 0.2) is 5.96 Å². The molecule has 6 nitrogen and oxygen atoms in total. The van der Waals surface area contributed by atoms with Crippen LogP contribution < -0.4 is 20.5 Å². The third-order valence-corrected chi connectivity index (χ3v) is 5.45. The van der Waals surface area contributed by atoms with E-state index in [4.69, 9.17) is 15.2 Å². The Hall–Kier alpha value is -2.73. The van der Waals surface area contributed by atoms with Crippen molar-refractivity contribution in [3.8, 4) is 11.5 Å². The number of ether oxygens (including phenoxy) is 2. The molecule has 29 heavy (non-hydrogen) atoms. The van der Waals surface area contributed by atoms with E-state index in [9.17, 15) is 0 Å². The SMILES string of the molecule is COc1ccc(OC)c(NC(N)=NCc2ccc(CN3CCCCC3C)cc2)c1. The summed E-state index contributed by atoms with van der Waals surface area (Å²) in [6, 6.07) is 14.8. The van der Waals surface area contributed by atoms with Gasteiger partial charge in [-0.05, 0) is 49.6 Å². The molecule has 1 atom stereocenters. The number of hydrogen-bond acceptors (Lipinski definition) is 4. The number of guanidine groups is 1. The Bertz CT molecular complexity index is 820. The van der Waals surface area contributed by atoms with E-state index in [-0.39, 0.29) is 0 Å². The van der Waals surface area contributed by atoms with Crippen molar-refractivity contribution < 1.29 is 9.47 Å². The molecule has 156 valence electrons. The summed E-state index contributed by atoms with van der Waals surface area (Å²) in [6.45, 7) is 5.06. The molecule has 0 radical (unpaired) electrons. The van der Waals surface area contributed by atoms with Gasteiger partial charge in [0.1, 0.15) is 11.5 Å². The number of nitrogens with two attached hydrogens (primary N) is 1. The lowest BCUT2D eigenvalue weighted by Crippen LogP contribution is -2.36. The minimum atomic E-state index is 0.336. The summed E-state index contributed by atoms with van der Waals surface area (Å²) in [7, 11) is 3.24. The van der Waals surface area contributed by atoms with Crippen LogP contribution in [0.5, 0.6) is 11.5 Å². The maximum atomic E-state index is 6.07. The van der Waals surface area contributed by atoms with Crippen molar-refractivity contribution in [2.75, 3.05) is 26.1 Å². The molecule has 1 fully saturated rings. The fourth-order valence-corrected chi connectivity index (χ4v) is 3.64. The molecule has 0 saturated carbocycles. The van der Waals surface area contributed by atoms with E-state index >= 15 is 0 Å². The maximum absolute atomic E-state index is 6.07. The second-order valence-electron chi connectivity index (χ2n) is 7.52.